The van der Waals surface area contributed by atoms with Crippen molar-refractivity contribution in [2.45, 2.75) is 45.3 Å². The van der Waals surface area contributed by atoms with Crippen molar-refractivity contribution in [3.8, 4) is 0 Å². The van der Waals surface area contributed by atoms with Gasteiger partial charge in [0.1, 0.15) is 11.5 Å². The van der Waals surface area contributed by atoms with Gasteiger partial charge in [0.05, 0.1) is 11.3 Å². The van der Waals surface area contributed by atoms with Crippen molar-refractivity contribution in [3.05, 3.63) is 65.6 Å². The molecule has 8 nitrogen and oxygen atoms in total. The van der Waals surface area contributed by atoms with Crippen molar-refractivity contribution in [3.63, 3.8) is 0 Å². The molecule has 0 amide bonds. The number of hydrogen-bond donors (Lipinski definition) is 3. The fourth-order valence-corrected chi connectivity index (χ4v) is 2.90. The van der Waals surface area contributed by atoms with E-state index in [-0.39, 0.29) is 36.2 Å². The maximum absolute atomic E-state index is 14.1. The molecule has 2 unspecified atom stereocenters. The summed E-state index contributed by atoms with van der Waals surface area (Å²) in [6.45, 7) is 5.84. The first-order chi connectivity index (χ1) is 13.8. The van der Waals surface area contributed by atoms with Crippen LogP contribution in [0.3, 0.4) is 0 Å². The quantitative estimate of drug-likeness (QED) is 0.255. The summed E-state index contributed by atoms with van der Waals surface area (Å²) in [6.07, 6.45) is 4.67. The molecule has 152 valence electrons. The van der Waals surface area contributed by atoms with Crippen LogP contribution in [0.5, 0.6) is 0 Å². The number of rotatable bonds is 6. The van der Waals surface area contributed by atoms with Crippen molar-refractivity contribution in [2.24, 2.45) is 0 Å². The van der Waals surface area contributed by atoms with Gasteiger partial charge >= 0.3 is 0 Å². The molecule has 3 aromatic rings. The highest BCUT2D eigenvalue weighted by atomic mass is 19.1. The number of amidine groups is 1. The Morgan fingerprint density at radius 1 is 1.34 bits per heavy atom. The monoisotopic (exact) mass is 398 g/mol. The van der Waals surface area contributed by atoms with Gasteiger partial charge in [-0.3, -0.25) is 5.41 Å². The third kappa shape index (κ3) is 4.58. The second-order valence-corrected chi connectivity index (χ2v) is 7.80. The Morgan fingerprint density at radius 3 is 2.90 bits per heavy atom. The van der Waals surface area contributed by atoms with Crippen LogP contribution in [0.4, 0.5) is 4.39 Å². The van der Waals surface area contributed by atoms with Gasteiger partial charge in [0.15, 0.2) is 17.7 Å². The summed E-state index contributed by atoms with van der Waals surface area (Å²) in [5.41, 5.74) is 7.50. The molecule has 2 aromatic heterocycles. The molecular weight excluding hydrogens is 375 g/mol. The highest BCUT2D eigenvalue weighted by Gasteiger charge is 2.43. The van der Waals surface area contributed by atoms with Gasteiger partial charge in [0.25, 0.3) is 0 Å². The van der Waals surface area contributed by atoms with E-state index in [4.69, 9.17) is 14.9 Å². The lowest BCUT2D eigenvalue weighted by atomic mass is 10.1. The first-order valence-corrected chi connectivity index (χ1v) is 9.30. The Kier molecular flexibility index (Phi) is 5.03. The molecule has 1 saturated heterocycles. The molecule has 3 heterocycles. The smallest absolute Gasteiger partial charge is 0.201 e. The van der Waals surface area contributed by atoms with E-state index >= 15 is 0 Å². The van der Waals surface area contributed by atoms with E-state index in [1.165, 1.54) is 6.07 Å². The standard InChI is InChI=1S/C20H23FN6O2/c1-20(2,3)29-19-18(28-19)26-25-16(22)15-11-27-9-8-23-17(27)14(24-15)10-12-6-4-5-7-13(12)21/h4-9,11,18-19,26H,10H2,1-3H3,(H2,22,25). The topological polar surface area (TPSA) is 99.9 Å². The molecule has 2 atom stereocenters. The molecule has 1 aliphatic heterocycles. The average molecular weight is 398 g/mol. The summed E-state index contributed by atoms with van der Waals surface area (Å²) < 4.78 is 26.9. The van der Waals surface area contributed by atoms with Crippen molar-refractivity contribution in [1.29, 1.82) is 5.41 Å². The van der Waals surface area contributed by atoms with Gasteiger partial charge in [0, 0.05) is 25.0 Å². The average Bonchev–Trinajstić information content (AvgIpc) is 3.19. The number of nitrogens with zero attached hydrogens (tertiary/aromatic N) is 3. The van der Waals surface area contributed by atoms with E-state index in [1.807, 2.05) is 20.8 Å². The van der Waals surface area contributed by atoms with Crippen molar-refractivity contribution in [1.82, 2.24) is 25.2 Å². The maximum Gasteiger partial charge on any atom is 0.201 e. The lowest BCUT2D eigenvalue weighted by Gasteiger charge is -2.17. The molecule has 9 heteroatoms. The van der Waals surface area contributed by atoms with Gasteiger partial charge in [-0.15, -0.1) is 0 Å². The maximum atomic E-state index is 14.1. The number of aromatic nitrogens is 3. The Labute approximate surface area is 167 Å². The first kappa shape index (κ1) is 19.4. The van der Waals surface area contributed by atoms with Crippen molar-refractivity contribution in [2.75, 3.05) is 0 Å². The number of benzene rings is 1. The van der Waals surface area contributed by atoms with E-state index in [1.54, 1.807) is 41.2 Å². The summed E-state index contributed by atoms with van der Waals surface area (Å²) >= 11 is 0. The van der Waals surface area contributed by atoms with Crippen LogP contribution in [0.2, 0.25) is 0 Å². The Balaban J connectivity index is 1.48. The number of nitrogens with one attached hydrogen (secondary N) is 3. The van der Waals surface area contributed by atoms with Crippen molar-refractivity contribution >= 4 is 11.5 Å². The normalized spacial score (nSPS) is 18.8. The van der Waals surface area contributed by atoms with Crippen LogP contribution >= 0.6 is 0 Å². The lowest BCUT2D eigenvalue weighted by molar-refractivity contribution is -0.0571. The lowest BCUT2D eigenvalue weighted by Crippen LogP contribution is -2.41. The molecule has 0 radical (unpaired) electrons. The van der Waals surface area contributed by atoms with Crippen LogP contribution in [0.1, 0.15) is 37.7 Å². The van der Waals surface area contributed by atoms with Crippen LogP contribution in [0.25, 0.3) is 5.65 Å². The molecular formula is C20H23FN6O2. The molecule has 4 rings (SSSR count). The predicted octanol–water partition coefficient (Wildman–Crippen LogP) is 2.38. The SMILES string of the molecule is CC(C)(C)OC1OC1NNC(=N)c1cn2ccnc2c(Cc2ccccc2F)n1. The van der Waals surface area contributed by atoms with Gasteiger partial charge in [-0.2, -0.15) is 0 Å². The molecule has 1 fully saturated rings. The second kappa shape index (κ2) is 7.51. The molecule has 1 aromatic carbocycles. The molecule has 29 heavy (non-hydrogen) atoms. The number of fused-ring (bicyclic) bond motifs is 1. The second-order valence-electron chi connectivity index (χ2n) is 7.80. The van der Waals surface area contributed by atoms with Gasteiger partial charge < -0.3 is 19.3 Å². The van der Waals surface area contributed by atoms with Crippen molar-refractivity contribution < 1.29 is 13.9 Å². The first-order valence-electron chi connectivity index (χ1n) is 9.30. The minimum atomic E-state index is -0.365. The van der Waals surface area contributed by atoms with Crippen LogP contribution in [-0.2, 0) is 15.9 Å². The Bertz CT molecular complexity index is 1040. The zero-order valence-electron chi connectivity index (χ0n) is 16.4. The number of hydrogen-bond acceptors (Lipinski definition) is 6. The Hall–Kier alpha value is -2.88. The zero-order chi connectivity index (χ0) is 20.6. The van der Waals surface area contributed by atoms with Gasteiger partial charge in [0.2, 0.25) is 6.29 Å². The fourth-order valence-electron chi connectivity index (χ4n) is 2.90. The molecule has 0 spiro atoms. The summed E-state index contributed by atoms with van der Waals surface area (Å²) in [6, 6.07) is 6.56. The number of imidazole rings is 1. The minimum Gasteiger partial charge on any atom is -0.343 e. The van der Waals surface area contributed by atoms with E-state index in [9.17, 15) is 4.39 Å². The Morgan fingerprint density at radius 2 is 2.14 bits per heavy atom. The van der Waals surface area contributed by atoms with Gasteiger partial charge in [-0.1, -0.05) is 18.2 Å². The summed E-state index contributed by atoms with van der Waals surface area (Å²) in [4.78, 5) is 8.85. The minimum absolute atomic E-state index is 0.0559. The van der Waals surface area contributed by atoms with E-state index in [0.29, 0.717) is 22.6 Å². The largest absolute Gasteiger partial charge is 0.343 e. The number of ether oxygens (including phenoxy) is 2. The zero-order valence-corrected chi connectivity index (χ0v) is 16.4. The van der Waals surface area contributed by atoms with Crippen LogP contribution < -0.4 is 10.9 Å². The molecule has 0 bridgehead atoms. The van der Waals surface area contributed by atoms with E-state index in [0.717, 1.165) is 0 Å². The third-order valence-electron chi connectivity index (χ3n) is 4.28. The predicted molar refractivity (Wildman–Crippen MR) is 105 cm³/mol. The number of halogens is 1. The number of hydrazine groups is 1. The van der Waals surface area contributed by atoms with Crippen LogP contribution in [-0.4, -0.2) is 38.3 Å². The summed E-state index contributed by atoms with van der Waals surface area (Å²) in [5, 5.41) is 8.30. The highest BCUT2D eigenvalue weighted by molar-refractivity contribution is 5.94. The fraction of sp³-hybridized carbons (Fsp3) is 0.350. The molecule has 1 aliphatic rings. The van der Waals surface area contributed by atoms with E-state index < -0.39 is 0 Å². The highest BCUT2D eigenvalue weighted by Crippen LogP contribution is 2.25. The number of epoxide rings is 1. The summed E-state index contributed by atoms with van der Waals surface area (Å²) in [5.74, 6) is -0.240. The van der Waals surface area contributed by atoms with Crippen LogP contribution in [0, 0.1) is 11.2 Å². The molecule has 3 N–H and O–H groups in total. The molecule has 0 saturated carbocycles. The summed E-state index contributed by atoms with van der Waals surface area (Å²) in [7, 11) is 0. The third-order valence-corrected chi connectivity index (χ3v) is 4.28. The van der Waals surface area contributed by atoms with Crippen LogP contribution in [0.15, 0.2) is 42.9 Å². The molecule has 0 aliphatic carbocycles. The van der Waals surface area contributed by atoms with Gasteiger partial charge in [-0.05, 0) is 32.4 Å². The van der Waals surface area contributed by atoms with Gasteiger partial charge in [-0.25, -0.2) is 19.8 Å². The van der Waals surface area contributed by atoms with E-state index in [2.05, 4.69) is 20.8 Å².